The van der Waals surface area contributed by atoms with Crippen LogP contribution in [0.5, 0.6) is 0 Å². The first-order valence-corrected chi connectivity index (χ1v) is 8.64. The van der Waals surface area contributed by atoms with Crippen molar-refractivity contribution in [3.05, 3.63) is 0 Å². The van der Waals surface area contributed by atoms with E-state index in [1.165, 1.54) is 9.21 Å². The van der Waals surface area contributed by atoms with Gasteiger partial charge >= 0.3 is 5.97 Å². The van der Waals surface area contributed by atoms with E-state index >= 15 is 0 Å². The minimum atomic E-state index is -3.30. The Kier molecular flexibility index (Phi) is 4.33. The maximum absolute atomic E-state index is 12.4. The van der Waals surface area contributed by atoms with Crippen molar-refractivity contribution in [3.8, 4) is 0 Å². The minimum Gasteiger partial charge on any atom is -0.480 e. The van der Waals surface area contributed by atoms with Crippen LogP contribution in [0.2, 0.25) is 0 Å². The molecular formula is C12H20N2O5S. The lowest BCUT2D eigenvalue weighted by atomic mass is 9.97. The zero-order valence-electron chi connectivity index (χ0n) is 11.5. The van der Waals surface area contributed by atoms with Gasteiger partial charge in [0.2, 0.25) is 15.9 Å². The maximum atomic E-state index is 12.4. The second-order valence-electron chi connectivity index (χ2n) is 5.49. The molecule has 0 aromatic carbocycles. The smallest absolute Gasteiger partial charge is 0.326 e. The number of carbonyl (C=O) groups excluding carboxylic acids is 1. The molecule has 0 aliphatic carbocycles. The molecule has 1 N–H and O–H groups in total. The number of hydrogen-bond acceptors (Lipinski definition) is 4. The Bertz CT molecular complexity index is 504. The van der Waals surface area contributed by atoms with E-state index in [-0.39, 0.29) is 12.5 Å². The van der Waals surface area contributed by atoms with Crippen LogP contribution in [0.4, 0.5) is 0 Å². The zero-order chi connectivity index (χ0) is 14.9. The summed E-state index contributed by atoms with van der Waals surface area (Å²) in [7, 11) is -3.30. The SMILES string of the molecule is CS(=O)(=O)N1CCCC(C(=O)N2CCCC2C(=O)O)C1. The summed E-state index contributed by atoms with van der Waals surface area (Å²) in [6, 6.07) is -0.754. The molecule has 2 saturated heterocycles. The third-order valence-electron chi connectivity index (χ3n) is 4.02. The van der Waals surface area contributed by atoms with Crippen LogP contribution in [0, 0.1) is 5.92 Å². The molecule has 2 unspecified atom stereocenters. The Morgan fingerprint density at radius 1 is 1.15 bits per heavy atom. The normalized spacial score (nSPS) is 28.6. The van der Waals surface area contributed by atoms with Crippen molar-refractivity contribution >= 4 is 21.9 Å². The van der Waals surface area contributed by atoms with Gasteiger partial charge in [-0.15, -0.1) is 0 Å². The summed E-state index contributed by atoms with van der Waals surface area (Å²) < 4.78 is 24.4. The van der Waals surface area contributed by atoms with Gasteiger partial charge in [0.05, 0.1) is 12.2 Å². The lowest BCUT2D eigenvalue weighted by Gasteiger charge is -2.33. The van der Waals surface area contributed by atoms with E-state index in [1.54, 1.807) is 0 Å². The quantitative estimate of drug-likeness (QED) is 0.774. The van der Waals surface area contributed by atoms with E-state index in [1.807, 2.05) is 0 Å². The van der Waals surface area contributed by atoms with Gasteiger partial charge in [0, 0.05) is 19.6 Å². The van der Waals surface area contributed by atoms with E-state index in [0.29, 0.717) is 38.8 Å². The molecule has 0 spiro atoms. The molecule has 114 valence electrons. The summed E-state index contributed by atoms with van der Waals surface area (Å²) in [4.78, 5) is 25.0. The van der Waals surface area contributed by atoms with Gasteiger partial charge in [-0.2, -0.15) is 0 Å². The number of hydrogen-bond donors (Lipinski definition) is 1. The molecule has 2 heterocycles. The van der Waals surface area contributed by atoms with Crippen molar-refractivity contribution in [2.24, 2.45) is 5.92 Å². The first-order valence-electron chi connectivity index (χ1n) is 6.79. The highest BCUT2D eigenvalue weighted by atomic mass is 32.2. The van der Waals surface area contributed by atoms with Crippen LogP contribution < -0.4 is 0 Å². The van der Waals surface area contributed by atoms with Gasteiger partial charge in [-0.25, -0.2) is 17.5 Å². The van der Waals surface area contributed by atoms with Crippen LogP contribution in [-0.2, 0) is 19.6 Å². The molecule has 7 nitrogen and oxygen atoms in total. The Morgan fingerprint density at radius 2 is 1.80 bits per heavy atom. The van der Waals surface area contributed by atoms with Gasteiger partial charge in [0.25, 0.3) is 0 Å². The van der Waals surface area contributed by atoms with Crippen molar-refractivity contribution in [3.63, 3.8) is 0 Å². The Morgan fingerprint density at radius 3 is 2.40 bits per heavy atom. The Labute approximate surface area is 118 Å². The first-order chi connectivity index (χ1) is 9.30. The van der Waals surface area contributed by atoms with Crippen LogP contribution in [-0.4, -0.2) is 66.5 Å². The average Bonchev–Trinajstić information content (AvgIpc) is 2.86. The highest BCUT2D eigenvalue weighted by Gasteiger charge is 2.39. The summed E-state index contributed by atoms with van der Waals surface area (Å²) >= 11 is 0. The fraction of sp³-hybridized carbons (Fsp3) is 0.833. The molecule has 0 radical (unpaired) electrons. The van der Waals surface area contributed by atoms with Gasteiger partial charge < -0.3 is 10.0 Å². The molecular weight excluding hydrogens is 284 g/mol. The van der Waals surface area contributed by atoms with Gasteiger partial charge in [-0.1, -0.05) is 0 Å². The number of amides is 1. The number of sulfonamides is 1. The number of likely N-dealkylation sites (tertiary alicyclic amines) is 1. The Balaban J connectivity index is 2.07. The lowest BCUT2D eigenvalue weighted by molar-refractivity contribution is -0.150. The van der Waals surface area contributed by atoms with Crippen molar-refractivity contribution in [2.75, 3.05) is 25.9 Å². The molecule has 2 aliphatic heterocycles. The third-order valence-corrected chi connectivity index (χ3v) is 5.29. The Hall–Kier alpha value is -1.15. The molecule has 2 fully saturated rings. The fourth-order valence-corrected chi connectivity index (χ4v) is 3.88. The summed E-state index contributed by atoms with van der Waals surface area (Å²) in [5, 5.41) is 9.11. The van der Waals surface area contributed by atoms with E-state index in [9.17, 15) is 18.0 Å². The van der Waals surface area contributed by atoms with Crippen molar-refractivity contribution < 1.29 is 23.1 Å². The number of carbonyl (C=O) groups is 2. The van der Waals surface area contributed by atoms with Crippen LogP contribution in [0.25, 0.3) is 0 Å². The van der Waals surface area contributed by atoms with Crippen LogP contribution in [0.15, 0.2) is 0 Å². The summed E-state index contributed by atoms with van der Waals surface area (Å²) in [5.74, 6) is -1.62. The number of rotatable bonds is 3. The largest absolute Gasteiger partial charge is 0.480 e. The predicted molar refractivity (Wildman–Crippen MR) is 71.5 cm³/mol. The monoisotopic (exact) mass is 304 g/mol. The second-order valence-corrected chi connectivity index (χ2v) is 7.47. The number of carboxylic acids is 1. The lowest BCUT2D eigenvalue weighted by Crippen LogP contribution is -2.49. The number of carboxylic acid groups (broad SMARTS) is 1. The van der Waals surface area contributed by atoms with Crippen LogP contribution >= 0.6 is 0 Å². The van der Waals surface area contributed by atoms with Crippen molar-refractivity contribution in [2.45, 2.75) is 31.7 Å². The fourth-order valence-electron chi connectivity index (χ4n) is 2.97. The molecule has 0 aromatic rings. The number of aliphatic carboxylic acids is 1. The number of piperidine rings is 1. The van der Waals surface area contributed by atoms with Crippen molar-refractivity contribution in [1.29, 1.82) is 0 Å². The van der Waals surface area contributed by atoms with E-state index < -0.39 is 28.0 Å². The third kappa shape index (κ3) is 3.12. The van der Waals surface area contributed by atoms with E-state index in [2.05, 4.69) is 0 Å². The molecule has 8 heteroatoms. The summed E-state index contributed by atoms with van der Waals surface area (Å²) in [6.45, 7) is 1.05. The molecule has 20 heavy (non-hydrogen) atoms. The average molecular weight is 304 g/mol. The second kappa shape index (κ2) is 5.69. The highest BCUT2D eigenvalue weighted by Crippen LogP contribution is 2.25. The van der Waals surface area contributed by atoms with Crippen molar-refractivity contribution in [1.82, 2.24) is 9.21 Å². The minimum absolute atomic E-state index is 0.167. The number of nitrogens with zero attached hydrogens (tertiary/aromatic N) is 2. The molecule has 0 aromatic heterocycles. The van der Waals surface area contributed by atoms with Gasteiger partial charge in [0.15, 0.2) is 0 Å². The molecule has 0 saturated carbocycles. The van der Waals surface area contributed by atoms with Gasteiger partial charge in [-0.3, -0.25) is 4.79 Å². The molecule has 0 bridgehead atoms. The summed E-state index contributed by atoms with van der Waals surface area (Å²) in [5.41, 5.74) is 0. The van der Waals surface area contributed by atoms with E-state index in [4.69, 9.17) is 5.11 Å². The van der Waals surface area contributed by atoms with Gasteiger partial charge in [-0.05, 0) is 25.7 Å². The molecule has 1 amide bonds. The van der Waals surface area contributed by atoms with Gasteiger partial charge in [0.1, 0.15) is 6.04 Å². The first kappa shape index (κ1) is 15.2. The van der Waals surface area contributed by atoms with Crippen LogP contribution in [0.1, 0.15) is 25.7 Å². The van der Waals surface area contributed by atoms with E-state index in [0.717, 1.165) is 6.26 Å². The standard InChI is InChI=1S/C12H20N2O5S/c1-20(18,19)13-6-2-4-9(8-13)11(15)14-7-3-5-10(14)12(16)17/h9-10H,2-8H2,1H3,(H,16,17). The predicted octanol–water partition coefficient (Wildman–Crippen LogP) is -0.266. The topological polar surface area (TPSA) is 95.0 Å². The highest BCUT2D eigenvalue weighted by molar-refractivity contribution is 7.88. The molecule has 2 atom stereocenters. The van der Waals surface area contributed by atoms with Crippen LogP contribution in [0.3, 0.4) is 0 Å². The zero-order valence-corrected chi connectivity index (χ0v) is 12.3. The maximum Gasteiger partial charge on any atom is 0.326 e. The molecule has 2 rings (SSSR count). The summed E-state index contributed by atoms with van der Waals surface area (Å²) in [6.07, 6.45) is 3.55. The molecule has 2 aliphatic rings.